The molecule has 1 aliphatic rings. The van der Waals surface area contributed by atoms with Crippen molar-refractivity contribution in [2.75, 3.05) is 33.9 Å². The van der Waals surface area contributed by atoms with E-state index in [4.69, 9.17) is 9.47 Å². The van der Waals surface area contributed by atoms with Crippen LogP contribution in [0, 0.1) is 0 Å². The topological polar surface area (TPSA) is 75.1 Å². The van der Waals surface area contributed by atoms with Gasteiger partial charge in [0.25, 0.3) is 0 Å². The minimum Gasteiger partial charge on any atom is -0.493 e. The van der Waals surface area contributed by atoms with E-state index < -0.39 is 5.60 Å². The van der Waals surface area contributed by atoms with Gasteiger partial charge in [-0.25, -0.2) is 0 Å². The summed E-state index contributed by atoms with van der Waals surface area (Å²) in [6, 6.07) is 5.95. The molecule has 0 radical (unpaired) electrons. The Kier molecular flexibility index (Phi) is 7.37. The van der Waals surface area contributed by atoms with E-state index in [1.54, 1.807) is 14.2 Å². The molecule has 6 nitrogen and oxygen atoms in total. The standard InChI is InChI=1S/C19H31N3O3/c1-4-20-18(22-14-19(23)10-5-6-11-19)21-12-9-15-7-8-16(24-2)17(13-15)25-3/h7-8,13,23H,4-6,9-12,14H2,1-3H3,(H2,20,21,22). The number of aliphatic hydroxyl groups is 1. The van der Waals surface area contributed by atoms with Crippen LogP contribution in [0.5, 0.6) is 11.5 Å². The number of methoxy groups -OCH3 is 2. The molecule has 1 aromatic rings. The Morgan fingerprint density at radius 2 is 1.88 bits per heavy atom. The normalized spacial score (nSPS) is 16.6. The van der Waals surface area contributed by atoms with Crippen molar-refractivity contribution in [1.82, 2.24) is 10.6 Å². The number of hydrogen-bond donors (Lipinski definition) is 3. The van der Waals surface area contributed by atoms with E-state index in [0.717, 1.165) is 68.2 Å². The van der Waals surface area contributed by atoms with Crippen LogP contribution in [-0.2, 0) is 6.42 Å². The number of hydrogen-bond acceptors (Lipinski definition) is 4. The Balaban J connectivity index is 1.88. The number of ether oxygens (including phenoxy) is 2. The molecule has 0 heterocycles. The Bertz CT molecular complexity index is 569. The Hall–Kier alpha value is -1.95. The average molecular weight is 349 g/mol. The summed E-state index contributed by atoms with van der Waals surface area (Å²) in [7, 11) is 3.28. The summed E-state index contributed by atoms with van der Waals surface area (Å²) < 4.78 is 10.6. The Morgan fingerprint density at radius 1 is 1.16 bits per heavy atom. The molecule has 0 bridgehead atoms. The van der Waals surface area contributed by atoms with E-state index in [9.17, 15) is 5.11 Å². The summed E-state index contributed by atoms with van der Waals surface area (Å²) in [5, 5.41) is 17.0. The summed E-state index contributed by atoms with van der Waals surface area (Å²) in [6.45, 7) is 4.04. The van der Waals surface area contributed by atoms with Gasteiger partial charge in [-0.2, -0.15) is 0 Å². The summed E-state index contributed by atoms with van der Waals surface area (Å²) in [6.07, 6.45) is 4.72. The first-order valence-corrected chi connectivity index (χ1v) is 9.05. The Morgan fingerprint density at radius 3 is 2.52 bits per heavy atom. The van der Waals surface area contributed by atoms with Gasteiger partial charge in [0, 0.05) is 13.1 Å². The van der Waals surface area contributed by atoms with Gasteiger partial charge < -0.3 is 25.2 Å². The molecule has 0 spiro atoms. The molecule has 1 aliphatic carbocycles. The zero-order valence-electron chi connectivity index (χ0n) is 15.6. The van der Waals surface area contributed by atoms with Gasteiger partial charge >= 0.3 is 0 Å². The molecule has 25 heavy (non-hydrogen) atoms. The lowest BCUT2D eigenvalue weighted by Gasteiger charge is -2.20. The second-order valence-electron chi connectivity index (χ2n) is 6.49. The van der Waals surface area contributed by atoms with Gasteiger partial charge in [-0.3, -0.25) is 4.99 Å². The third kappa shape index (κ3) is 5.81. The van der Waals surface area contributed by atoms with Gasteiger partial charge in [0.1, 0.15) is 0 Å². The fraction of sp³-hybridized carbons (Fsp3) is 0.632. The lowest BCUT2D eigenvalue weighted by molar-refractivity contribution is 0.0574. The minimum atomic E-state index is -0.619. The predicted molar refractivity (Wildman–Crippen MR) is 101 cm³/mol. The van der Waals surface area contributed by atoms with Crippen LogP contribution >= 0.6 is 0 Å². The first-order valence-electron chi connectivity index (χ1n) is 9.05. The molecular weight excluding hydrogens is 318 g/mol. The van der Waals surface area contributed by atoms with E-state index in [1.165, 1.54) is 0 Å². The van der Waals surface area contributed by atoms with Crippen molar-refractivity contribution in [3.63, 3.8) is 0 Å². The molecule has 0 amide bonds. The fourth-order valence-electron chi connectivity index (χ4n) is 3.12. The van der Waals surface area contributed by atoms with Crippen molar-refractivity contribution in [3.05, 3.63) is 23.8 Å². The van der Waals surface area contributed by atoms with Crippen molar-refractivity contribution >= 4 is 5.96 Å². The van der Waals surface area contributed by atoms with Crippen LogP contribution in [0.4, 0.5) is 0 Å². The molecule has 0 aliphatic heterocycles. The maximum atomic E-state index is 10.4. The lowest BCUT2D eigenvalue weighted by Crippen LogP contribution is -2.40. The highest BCUT2D eigenvalue weighted by Crippen LogP contribution is 2.29. The maximum Gasteiger partial charge on any atom is 0.191 e. The SMILES string of the molecule is CCNC(=NCC1(O)CCCC1)NCCc1ccc(OC)c(OC)c1. The molecule has 1 aromatic carbocycles. The maximum absolute atomic E-state index is 10.4. The van der Waals surface area contributed by atoms with E-state index in [1.807, 2.05) is 25.1 Å². The zero-order valence-corrected chi connectivity index (χ0v) is 15.6. The van der Waals surface area contributed by atoms with Gasteiger partial charge in [0.05, 0.1) is 26.4 Å². The number of rotatable bonds is 8. The third-order valence-corrected chi connectivity index (χ3v) is 4.56. The first kappa shape index (κ1) is 19.4. The monoisotopic (exact) mass is 349 g/mol. The van der Waals surface area contributed by atoms with Gasteiger partial charge in [-0.15, -0.1) is 0 Å². The predicted octanol–water partition coefficient (Wildman–Crippen LogP) is 2.11. The molecule has 140 valence electrons. The van der Waals surface area contributed by atoms with Gasteiger partial charge in [-0.05, 0) is 43.9 Å². The number of benzene rings is 1. The number of nitrogens with zero attached hydrogens (tertiary/aromatic N) is 1. The largest absolute Gasteiger partial charge is 0.493 e. The highest BCUT2D eigenvalue weighted by molar-refractivity contribution is 5.79. The summed E-state index contributed by atoms with van der Waals surface area (Å²) in [5.74, 6) is 2.23. The molecule has 0 atom stereocenters. The second kappa shape index (κ2) is 9.51. The van der Waals surface area contributed by atoms with E-state index >= 15 is 0 Å². The van der Waals surface area contributed by atoms with E-state index in [2.05, 4.69) is 15.6 Å². The van der Waals surface area contributed by atoms with Crippen LogP contribution in [0.25, 0.3) is 0 Å². The first-order chi connectivity index (χ1) is 12.1. The van der Waals surface area contributed by atoms with Crippen molar-refractivity contribution in [2.24, 2.45) is 4.99 Å². The van der Waals surface area contributed by atoms with Crippen molar-refractivity contribution in [2.45, 2.75) is 44.6 Å². The number of guanidine groups is 1. The molecule has 1 saturated carbocycles. The molecule has 0 unspecified atom stereocenters. The molecular formula is C19H31N3O3. The Labute approximate surface area is 150 Å². The molecule has 2 rings (SSSR count). The highest BCUT2D eigenvalue weighted by atomic mass is 16.5. The quantitative estimate of drug-likeness (QED) is 0.495. The smallest absolute Gasteiger partial charge is 0.191 e. The molecule has 6 heteroatoms. The van der Waals surface area contributed by atoms with Gasteiger partial charge in [0.15, 0.2) is 17.5 Å². The lowest BCUT2D eigenvalue weighted by atomic mass is 10.0. The van der Waals surface area contributed by atoms with E-state index in [-0.39, 0.29) is 0 Å². The zero-order chi connectivity index (χ0) is 18.1. The van der Waals surface area contributed by atoms with Gasteiger partial charge in [0.2, 0.25) is 0 Å². The van der Waals surface area contributed by atoms with Crippen LogP contribution < -0.4 is 20.1 Å². The van der Waals surface area contributed by atoms with Gasteiger partial charge in [-0.1, -0.05) is 18.9 Å². The van der Waals surface area contributed by atoms with Crippen LogP contribution in [0.2, 0.25) is 0 Å². The van der Waals surface area contributed by atoms with Crippen molar-refractivity contribution < 1.29 is 14.6 Å². The van der Waals surface area contributed by atoms with Crippen molar-refractivity contribution in [3.8, 4) is 11.5 Å². The van der Waals surface area contributed by atoms with Crippen LogP contribution in [0.3, 0.4) is 0 Å². The molecule has 1 fully saturated rings. The third-order valence-electron chi connectivity index (χ3n) is 4.56. The highest BCUT2D eigenvalue weighted by Gasteiger charge is 2.30. The minimum absolute atomic E-state index is 0.457. The number of nitrogens with one attached hydrogen (secondary N) is 2. The van der Waals surface area contributed by atoms with Crippen LogP contribution in [-0.4, -0.2) is 50.5 Å². The summed E-state index contributed by atoms with van der Waals surface area (Å²) >= 11 is 0. The molecule has 0 saturated heterocycles. The second-order valence-corrected chi connectivity index (χ2v) is 6.49. The number of aliphatic imine (C=N–C) groups is 1. The van der Waals surface area contributed by atoms with E-state index in [0.29, 0.717) is 6.54 Å². The van der Waals surface area contributed by atoms with Crippen LogP contribution in [0.15, 0.2) is 23.2 Å². The van der Waals surface area contributed by atoms with Crippen molar-refractivity contribution in [1.29, 1.82) is 0 Å². The fourth-order valence-corrected chi connectivity index (χ4v) is 3.12. The molecule has 3 N–H and O–H groups in total. The molecule has 0 aromatic heterocycles. The van der Waals surface area contributed by atoms with Crippen LogP contribution in [0.1, 0.15) is 38.2 Å². The summed E-state index contributed by atoms with van der Waals surface area (Å²) in [5.41, 5.74) is 0.543. The average Bonchev–Trinajstić information content (AvgIpc) is 3.06. The summed E-state index contributed by atoms with van der Waals surface area (Å²) in [4.78, 5) is 4.56.